The van der Waals surface area contributed by atoms with E-state index in [0.29, 0.717) is 11.6 Å². The Hall–Kier alpha value is -1.71. The second-order valence-corrected chi connectivity index (χ2v) is 6.78. The number of rotatable bonds is 7. The van der Waals surface area contributed by atoms with E-state index in [0.717, 1.165) is 31.4 Å². The molecular formula is C12H18N4O4S. The van der Waals surface area contributed by atoms with E-state index in [1.165, 1.54) is 6.07 Å². The molecule has 0 saturated heterocycles. The Kier molecular flexibility index (Phi) is 4.45. The second-order valence-electron chi connectivity index (χ2n) is 5.10. The summed E-state index contributed by atoms with van der Waals surface area (Å²) in [6.45, 7) is 2.03. The molecule has 0 aromatic heterocycles. The first-order valence-electron chi connectivity index (χ1n) is 6.66. The van der Waals surface area contributed by atoms with E-state index in [9.17, 15) is 18.5 Å². The van der Waals surface area contributed by atoms with Gasteiger partial charge < -0.3 is 5.43 Å². The van der Waals surface area contributed by atoms with Crippen molar-refractivity contribution in [2.75, 3.05) is 5.43 Å². The summed E-state index contributed by atoms with van der Waals surface area (Å²) >= 11 is 0. The lowest BCUT2D eigenvalue weighted by atomic mass is 10.2. The van der Waals surface area contributed by atoms with Crippen molar-refractivity contribution >= 4 is 21.4 Å². The van der Waals surface area contributed by atoms with Gasteiger partial charge in [-0.25, -0.2) is 13.1 Å². The average Bonchev–Trinajstić information content (AvgIpc) is 3.15. The van der Waals surface area contributed by atoms with Gasteiger partial charge >= 0.3 is 0 Å². The quantitative estimate of drug-likeness (QED) is 0.396. The molecule has 4 N–H and O–H groups in total. The molecule has 116 valence electrons. The molecule has 0 amide bonds. The molecule has 21 heavy (non-hydrogen) atoms. The minimum absolute atomic E-state index is 0.135. The number of nitro benzene ring substituents is 1. The van der Waals surface area contributed by atoms with Crippen LogP contribution in [0.4, 0.5) is 11.4 Å². The predicted octanol–water partition coefficient (Wildman–Crippen LogP) is 1.35. The number of nitro groups is 1. The first-order chi connectivity index (χ1) is 9.89. The topological polar surface area (TPSA) is 127 Å². The summed E-state index contributed by atoms with van der Waals surface area (Å²) in [5, 5.41) is 11.0. The molecule has 2 rings (SSSR count). The molecule has 1 aromatic rings. The van der Waals surface area contributed by atoms with Crippen molar-refractivity contribution in [2.24, 2.45) is 11.8 Å². The Balaban J connectivity index is 2.28. The number of sulfonamides is 1. The SMILES string of the molecule is CCCC1CC1NS(=O)(=O)c1cc(NN)ccc1[N+](=O)[O-]. The largest absolute Gasteiger partial charge is 0.324 e. The van der Waals surface area contributed by atoms with Crippen LogP contribution in [-0.4, -0.2) is 19.4 Å². The Morgan fingerprint density at radius 2 is 2.19 bits per heavy atom. The molecule has 1 fully saturated rings. The zero-order valence-corrected chi connectivity index (χ0v) is 12.4. The molecule has 0 radical (unpaired) electrons. The third kappa shape index (κ3) is 3.49. The minimum Gasteiger partial charge on any atom is -0.324 e. The fraction of sp³-hybridized carbons (Fsp3) is 0.500. The van der Waals surface area contributed by atoms with Crippen LogP contribution in [0.15, 0.2) is 23.1 Å². The molecule has 1 aromatic carbocycles. The zero-order valence-electron chi connectivity index (χ0n) is 11.6. The molecule has 0 heterocycles. The molecule has 1 aliphatic carbocycles. The summed E-state index contributed by atoms with van der Waals surface area (Å²) in [5.74, 6) is 5.55. The Bertz CT molecular complexity index is 647. The number of nitrogens with zero attached hydrogens (tertiary/aromatic N) is 1. The number of hydrogen-bond donors (Lipinski definition) is 3. The van der Waals surface area contributed by atoms with Gasteiger partial charge in [-0.2, -0.15) is 0 Å². The third-order valence-electron chi connectivity index (χ3n) is 3.50. The number of hydrazine groups is 1. The fourth-order valence-electron chi connectivity index (χ4n) is 2.31. The summed E-state index contributed by atoms with van der Waals surface area (Å²) in [5.41, 5.74) is 2.12. The summed E-state index contributed by atoms with van der Waals surface area (Å²) in [6.07, 6.45) is 2.70. The molecular weight excluding hydrogens is 296 g/mol. The van der Waals surface area contributed by atoms with Crippen LogP contribution in [-0.2, 0) is 10.0 Å². The van der Waals surface area contributed by atoms with E-state index >= 15 is 0 Å². The Morgan fingerprint density at radius 3 is 2.76 bits per heavy atom. The third-order valence-corrected chi connectivity index (χ3v) is 5.02. The lowest BCUT2D eigenvalue weighted by Gasteiger charge is -2.09. The highest BCUT2D eigenvalue weighted by Gasteiger charge is 2.40. The van der Waals surface area contributed by atoms with Crippen LogP contribution in [0.1, 0.15) is 26.2 Å². The van der Waals surface area contributed by atoms with Gasteiger partial charge in [-0.15, -0.1) is 0 Å². The van der Waals surface area contributed by atoms with Crippen molar-refractivity contribution in [1.82, 2.24) is 4.72 Å². The fourth-order valence-corrected chi connectivity index (χ4v) is 3.83. The van der Waals surface area contributed by atoms with E-state index in [1.807, 2.05) is 6.92 Å². The number of hydrogen-bond acceptors (Lipinski definition) is 6. The zero-order chi connectivity index (χ0) is 15.6. The lowest BCUT2D eigenvalue weighted by molar-refractivity contribution is -0.387. The highest BCUT2D eigenvalue weighted by Crippen LogP contribution is 2.36. The number of anilines is 1. The van der Waals surface area contributed by atoms with Crippen LogP contribution < -0.4 is 16.0 Å². The van der Waals surface area contributed by atoms with Gasteiger partial charge in [-0.05, 0) is 30.9 Å². The normalized spacial score (nSPS) is 21.0. The van der Waals surface area contributed by atoms with Crippen LogP contribution in [0.25, 0.3) is 0 Å². The number of benzene rings is 1. The van der Waals surface area contributed by atoms with Crippen molar-refractivity contribution < 1.29 is 13.3 Å². The molecule has 2 unspecified atom stereocenters. The molecule has 0 spiro atoms. The van der Waals surface area contributed by atoms with E-state index in [1.54, 1.807) is 0 Å². The maximum atomic E-state index is 12.3. The van der Waals surface area contributed by atoms with E-state index in [-0.39, 0.29) is 10.9 Å². The second kappa shape index (κ2) is 5.96. The number of nitrogens with one attached hydrogen (secondary N) is 2. The predicted molar refractivity (Wildman–Crippen MR) is 78.0 cm³/mol. The first-order valence-corrected chi connectivity index (χ1v) is 8.14. The van der Waals surface area contributed by atoms with Crippen LogP contribution in [0, 0.1) is 16.0 Å². The first kappa shape index (κ1) is 15.7. The van der Waals surface area contributed by atoms with Gasteiger partial charge in [0.05, 0.1) is 10.6 Å². The van der Waals surface area contributed by atoms with Gasteiger partial charge in [-0.3, -0.25) is 16.0 Å². The highest BCUT2D eigenvalue weighted by atomic mass is 32.2. The van der Waals surface area contributed by atoms with E-state index < -0.39 is 20.6 Å². The highest BCUT2D eigenvalue weighted by molar-refractivity contribution is 7.89. The Labute approximate surface area is 122 Å². The maximum absolute atomic E-state index is 12.3. The number of nitrogen functional groups attached to an aromatic ring is 1. The van der Waals surface area contributed by atoms with Crippen LogP contribution >= 0.6 is 0 Å². The summed E-state index contributed by atoms with van der Waals surface area (Å²) in [6, 6.07) is 3.51. The smallest absolute Gasteiger partial charge is 0.289 e. The maximum Gasteiger partial charge on any atom is 0.289 e. The van der Waals surface area contributed by atoms with Crippen LogP contribution in [0.2, 0.25) is 0 Å². The Morgan fingerprint density at radius 1 is 1.48 bits per heavy atom. The molecule has 1 aliphatic rings. The average molecular weight is 314 g/mol. The molecule has 0 aliphatic heterocycles. The minimum atomic E-state index is -3.94. The summed E-state index contributed by atoms with van der Waals surface area (Å²) in [7, 11) is -3.94. The van der Waals surface area contributed by atoms with Crippen molar-refractivity contribution in [3.8, 4) is 0 Å². The van der Waals surface area contributed by atoms with Crippen LogP contribution in [0.5, 0.6) is 0 Å². The number of nitrogens with two attached hydrogens (primary N) is 1. The van der Waals surface area contributed by atoms with Gasteiger partial charge in [0.2, 0.25) is 10.0 Å². The molecule has 8 nitrogen and oxygen atoms in total. The van der Waals surface area contributed by atoms with E-state index in [4.69, 9.17) is 5.84 Å². The summed E-state index contributed by atoms with van der Waals surface area (Å²) < 4.78 is 27.2. The van der Waals surface area contributed by atoms with Crippen molar-refractivity contribution in [2.45, 2.75) is 37.1 Å². The monoisotopic (exact) mass is 314 g/mol. The van der Waals surface area contributed by atoms with Gasteiger partial charge in [0, 0.05) is 12.1 Å². The lowest BCUT2D eigenvalue weighted by Crippen LogP contribution is -2.28. The summed E-state index contributed by atoms with van der Waals surface area (Å²) in [4.78, 5) is 9.91. The molecule has 9 heteroatoms. The standard InChI is InChI=1S/C12H18N4O4S/c1-2-3-8-6-10(8)15-21(19,20)12-7-9(14-13)4-5-11(12)16(17)18/h4-5,7-8,10,14-15H,2-3,6,13H2,1H3. The van der Waals surface area contributed by atoms with Crippen molar-refractivity contribution in [3.63, 3.8) is 0 Å². The van der Waals surface area contributed by atoms with Gasteiger partial charge in [0.25, 0.3) is 5.69 Å². The van der Waals surface area contributed by atoms with Gasteiger partial charge in [0.1, 0.15) is 0 Å². The van der Waals surface area contributed by atoms with Crippen LogP contribution in [0.3, 0.4) is 0 Å². The van der Waals surface area contributed by atoms with Gasteiger partial charge in [0.15, 0.2) is 4.90 Å². The van der Waals surface area contributed by atoms with Crippen molar-refractivity contribution in [3.05, 3.63) is 28.3 Å². The molecule has 1 saturated carbocycles. The molecule has 0 bridgehead atoms. The van der Waals surface area contributed by atoms with Gasteiger partial charge in [-0.1, -0.05) is 13.3 Å². The van der Waals surface area contributed by atoms with E-state index in [2.05, 4.69) is 10.1 Å². The van der Waals surface area contributed by atoms with Crippen molar-refractivity contribution in [1.29, 1.82) is 0 Å². The molecule has 2 atom stereocenters.